The second kappa shape index (κ2) is 19.8. The molecular formula is C51H75NO13. The monoisotopic (exact) mass is 910 g/mol. The van der Waals surface area contributed by atoms with E-state index in [2.05, 4.69) is 64.2 Å². The van der Waals surface area contributed by atoms with Crippen LogP contribution in [0.3, 0.4) is 0 Å². The molecule has 8 rings (SSSR count). The van der Waals surface area contributed by atoms with E-state index >= 15 is 0 Å². The van der Waals surface area contributed by atoms with Gasteiger partial charge in [0.2, 0.25) is 0 Å². The van der Waals surface area contributed by atoms with Crippen LogP contribution >= 0.6 is 0 Å². The molecule has 65 heavy (non-hydrogen) atoms. The van der Waals surface area contributed by atoms with Gasteiger partial charge in [-0.3, -0.25) is 4.79 Å². The Bertz CT molecular complexity index is 1900. The van der Waals surface area contributed by atoms with E-state index in [1.54, 1.807) is 33.3 Å². The first-order valence-electron chi connectivity index (χ1n) is 24.1. The molecule has 4 saturated heterocycles. The normalized spacial score (nSPS) is 49.4. The summed E-state index contributed by atoms with van der Waals surface area (Å²) in [4.78, 5) is 14.4. The van der Waals surface area contributed by atoms with Crippen molar-refractivity contribution < 1.29 is 62.4 Å². The number of ether oxygens (including phenoxy) is 10. The van der Waals surface area contributed by atoms with Gasteiger partial charge in [-0.15, -0.1) is 0 Å². The predicted molar refractivity (Wildman–Crippen MR) is 241 cm³/mol. The van der Waals surface area contributed by atoms with Gasteiger partial charge in [-0.1, -0.05) is 82.7 Å². The molecule has 0 aromatic heterocycles. The lowest BCUT2D eigenvalue weighted by molar-refractivity contribution is -0.315. The lowest BCUT2D eigenvalue weighted by atomic mass is 9.71. The largest absolute Gasteiger partial charge is 0.462 e. The van der Waals surface area contributed by atoms with Crippen molar-refractivity contribution in [2.24, 2.45) is 23.7 Å². The van der Waals surface area contributed by atoms with Gasteiger partial charge in [0.15, 0.2) is 18.4 Å². The Hall–Kier alpha value is -2.57. The fourth-order valence-electron chi connectivity index (χ4n) is 11.7. The van der Waals surface area contributed by atoms with Gasteiger partial charge in [0.1, 0.15) is 35.9 Å². The van der Waals surface area contributed by atoms with E-state index in [1.165, 1.54) is 0 Å². The number of methoxy groups -OCH3 is 2. The molecular weight excluding hydrogens is 835 g/mol. The summed E-state index contributed by atoms with van der Waals surface area (Å²) in [6.45, 7) is 17.2. The second-order valence-electron chi connectivity index (χ2n) is 20.1. The number of carbonyl (C=O) groups is 1. The molecule has 362 valence electrons. The average Bonchev–Trinajstić information content (AvgIpc) is 3.91. The van der Waals surface area contributed by atoms with E-state index in [1.807, 2.05) is 32.1 Å². The van der Waals surface area contributed by atoms with E-state index < -0.39 is 78.0 Å². The molecule has 2 spiro atoms. The molecule has 14 nitrogen and oxygen atoms in total. The van der Waals surface area contributed by atoms with E-state index in [-0.39, 0.29) is 54.9 Å². The van der Waals surface area contributed by atoms with Gasteiger partial charge in [-0.25, -0.2) is 0 Å². The smallest absolute Gasteiger partial charge is 0.316 e. The fourth-order valence-corrected chi connectivity index (χ4v) is 11.7. The maximum absolute atomic E-state index is 14.4. The van der Waals surface area contributed by atoms with E-state index in [4.69, 9.17) is 47.4 Å². The SMILES string of the molecule is CCC(C)[C@H]1O[C@]2(C=C[C@@H]1C)C[C@@H]1C[C@@H](C/C=C(\C)[C@@H](OC3C[C@H](OC)[C@@H](OC4C[C@H](OC)[C@@]5(C=CCN5)[C@H](C)O4)[C@H](C)O3)C(C)/C=C/C=C3\CO[C@@H]4[C@H](O)C(C)=C[C@@H](C(=O)O1)[C@]34O)O2. The topological polar surface area (TPSA) is 162 Å². The van der Waals surface area contributed by atoms with Crippen LogP contribution < -0.4 is 5.32 Å². The van der Waals surface area contributed by atoms with E-state index in [0.717, 1.165) is 18.5 Å². The molecule has 4 unspecified atom stereocenters. The highest BCUT2D eigenvalue weighted by Gasteiger charge is 2.60. The molecule has 0 amide bonds. The van der Waals surface area contributed by atoms with Gasteiger partial charge >= 0.3 is 5.97 Å². The molecule has 8 aliphatic rings. The van der Waals surface area contributed by atoms with Crippen LogP contribution in [0.5, 0.6) is 0 Å². The zero-order chi connectivity index (χ0) is 46.4. The number of hydrogen-bond acceptors (Lipinski definition) is 14. The Labute approximate surface area is 385 Å². The maximum atomic E-state index is 14.4. The predicted octanol–water partition coefficient (Wildman–Crippen LogP) is 5.91. The number of hydrogen-bond donors (Lipinski definition) is 3. The van der Waals surface area contributed by atoms with Crippen molar-refractivity contribution in [1.29, 1.82) is 0 Å². The summed E-state index contributed by atoms with van der Waals surface area (Å²) in [5.74, 6) is -2.52. The number of aliphatic hydroxyl groups excluding tert-OH is 1. The quantitative estimate of drug-likeness (QED) is 0.195. The molecule has 2 bridgehead atoms. The van der Waals surface area contributed by atoms with Gasteiger partial charge in [0.05, 0.1) is 54.9 Å². The number of rotatable bonds is 8. The zero-order valence-electron chi connectivity index (χ0n) is 40.1. The van der Waals surface area contributed by atoms with Crippen molar-refractivity contribution in [2.45, 2.75) is 191 Å². The number of aliphatic hydroxyl groups is 2. The Kier molecular flexibility index (Phi) is 14.9. The van der Waals surface area contributed by atoms with Gasteiger partial charge in [-0.05, 0) is 62.8 Å². The molecule has 7 heterocycles. The first-order chi connectivity index (χ1) is 31.0. The number of nitrogens with one attached hydrogen (secondary N) is 1. The Morgan fingerprint density at radius 2 is 1.72 bits per heavy atom. The molecule has 0 saturated carbocycles. The maximum Gasteiger partial charge on any atom is 0.316 e. The van der Waals surface area contributed by atoms with Gasteiger partial charge < -0.3 is 62.9 Å². The van der Waals surface area contributed by atoms with Gasteiger partial charge in [0, 0.05) is 58.3 Å². The zero-order valence-corrected chi connectivity index (χ0v) is 40.1. The summed E-state index contributed by atoms with van der Waals surface area (Å²) in [5.41, 5.74) is -0.228. The first kappa shape index (κ1) is 48.9. The third kappa shape index (κ3) is 9.46. The van der Waals surface area contributed by atoms with Crippen molar-refractivity contribution in [3.63, 3.8) is 0 Å². The number of carbonyl (C=O) groups excluding carboxylic acids is 1. The molecule has 0 aromatic carbocycles. The average molecular weight is 910 g/mol. The van der Waals surface area contributed by atoms with Gasteiger partial charge in [0.25, 0.3) is 0 Å². The summed E-state index contributed by atoms with van der Waals surface area (Å²) in [7, 11) is 3.42. The number of fused-ring (bicyclic) bond motifs is 2. The summed E-state index contributed by atoms with van der Waals surface area (Å²) in [6, 6.07) is 0. The highest BCUT2D eigenvalue weighted by Crippen LogP contribution is 2.47. The third-order valence-corrected chi connectivity index (χ3v) is 15.7. The lowest BCUT2D eigenvalue weighted by Crippen LogP contribution is -2.65. The fraction of sp³-hybridized carbons (Fsp3) is 0.745. The molecule has 3 N–H and O–H groups in total. The Morgan fingerprint density at radius 3 is 2.45 bits per heavy atom. The minimum Gasteiger partial charge on any atom is -0.462 e. The number of allylic oxidation sites excluding steroid dienone is 2. The summed E-state index contributed by atoms with van der Waals surface area (Å²) >= 11 is 0. The van der Waals surface area contributed by atoms with Crippen LogP contribution in [-0.2, 0) is 52.2 Å². The van der Waals surface area contributed by atoms with Gasteiger partial charge in [-0.2, -0.15) is 0 Å². The summed E-state index contributed by atoms with van der Waals surface area (Å²) in [6.07, 6.45) is 14.8. The standard InChI is InChI=1S/C51H75NO13/c1-11-28(2)45-31(5)18-20-49(65-45)26-37-23-36(64-49)17-16-30(4)44(29(3)14-12-15-35-27-58-47-43(53)32(6)22-38(48(54)61-37)51(35,47)55)62-41-24-39(56-9)46(33(7)59-41)63-42-25-40(57-10)50(34(8)60-42)19-13-21-52-50/h12-16,18-20,22,28-29,31,33-34,36-47,52-53,55H,11,17,21,23-27H2,1-10H3/b14-12+,30-16+,35-15+/t28?,29?,31-,33-,34-,36+,37-,38-,39-,40-,41?,42?,43+,44-,45+,46-,47+,49+,50+,51+/m0/s1. The molecule has 4 fully saturated rings. The highest BCUT2D eigenvalue weighted by molar-refractivity contribution is 5.78. The Morgan fingerprint density at radius 1 is 0.938 bits per heavy atom. The van der Waals surface area contributed by atoms with Crippen LogP contribution in [0.2, 0.25) is 0 Å². The van der Waals surface area contributed by atoms with E-state index in [0.29, 0.717) is 43.3 Å². The Balaban J connectivity index is 1.07. The highest BCUT2D eigenvalue weighted by atomic mass is 16.7. The molecule has 0 radical (unpaired) electrons. The van der Waals surface area contributed by atoms with Crippen LogP contribution in [0.4, 0.5) is 0 Å². The second-order valence-corrected chi connectivity index (χ2v) is 20.1. The summed E-state index contributed by atoms with van der Waals surface area (Å²) < 4.78 is 65.2. The van der Waals surface area contributed by atoms with Crippen molar-refractivity contribution in [2.75, 3.05) is 27.4 Å². The summed E-state index contributed by atoms with van der Waals surface area (Å²) in [5, 5.41) is 27.4. The van der Waals surface area contributed by atoms with Crippen LogP contribution in [0.1, 0.15) is 93.9 Å². The molecule has 20 atom stereocenters. The molecule has 14 heteroatoms. The molecule has 7 aliphatic heterocycles. The van der Waals surface area contributed by atoms with Crippen molar-refractivity contribution >= 4 is 5.97 Å². The van der Waals surface area contributed by atoms with Crippen molar-refractivity contribution in [1.82, 2.24) is 5.32 Å². The number of esters is 1. The first-order valence-corrected chi connectivity index (χ1v) is 24.1. The lowest BCUT2D eigenvalue weighted by Gasteiger charge is -2.49. The van der Waals surface area contributed by atoms with Crippen LogP contribution in [0.15, 0.2) is 71.4 Å². The van der Waals surface area contributed by atoms with Crippen LogP contribution in [0, 0.1) is 23.7 Å². The van der Waals surface area contributed by atoms with Crippen molar-refractivity contribution in [3.05, 3.63) is 71.4 Å². The van der Waals surface area contributed by atoms with Crippen LogP contribution in [0.25, 0.3) is 0 Å². The molecule has 1 aliphatic carbocycles. The molecule has 0 aromatic rings. The third-order valence-electron chi connectivity index (χ3n) is 15.7. The van der Waals surface area contributed by atoms with Crippen LogP contribution in [-0.4, -0.2) is 140 Å². The minimum atomic E-state index is -1.83. The van der Waals surface area contributed by atoms with Crippen molar-refractivity contribution in [3.8, 4) is 0 Å². The minimum absolute atomic E-state index is 0.0399. The van der Waals surface area contributed by atoms with E-state index in [9.17, 15) is 15.0 Å².